The maximum absolute atomic E-state index is 5.37. The molecule has 1 atom stereocenters. The van der Waals surface area contributed by atoms with Crippen LogP contribution in [0.15, 0.2) is 17.1 Å². The molecule has 0 aromatic rings. The van der Waals surface area contributed by atoms with Gasteiger partial charge in [-0.25, -0.2) is 4.99 Å². The topological polar surface area (TPSA) is 21.6 Å². The molecule has 12 heavy (non-hydrogen) atoms. The first-order valence-corrected chi connectivity index (χ1v) is 4.60. The van der Waals surface area contributed by atoms with E-state index < -0.39 is 0 Å². The molecule has 0 aromatic heterocycles. The van der Waals surface area contributed by atoms with Crippen molar-refractivity contribution in [2.24, 2.45) is 4.99 Å². The SMILES string of the molecule is C=C(C)C1=NC(CCCC)CO1. The van der Waals surface area contributed by atoms with Gasteiger partial charge in [-0.3, -0.25) is 0 Å². The molecule has 1 aliphatic rings. The predicted octanol–water partition coefficient (Wildman–Crippen LogP) is 2.55. The molecule has 0 fully saturated rings. The van der Waals surface area contributed by atoms with Gasteiger partial charge in [0.1, 0.15) is 6.61 Å². The van der Waals surface area contributed by atoms with E-state index in [1.54, 1.807) is 0 Å². The number of rotatable bonds is 4. The number of ether oxygens (including phenoxy) is 1. The lowest BCUT2D eigenvalue weighted by atomic mass is 10.1. The fourth-order valence-corrected chi connectivity index (χ4v) is 1.24. The van der Waals surface area contributed by atoms with Gasteiger partial charge in [0.2, 0.25) is 5.90 Å². The summed E-state index contributed by atoms with van der Waals surface area (Å²) < 4.78 is 5.37. The summed E-state index contributed by atoms with van der Waals surface area (Å²) in [6.07, 6.45) is 3.61. The van der Waals surface area contributed by atoms with Gasteiger partial charge in [-0.15, -0.1) is 0 Å². The molecule has 0 saturated heterocycles. The third-order valence-electron chi connectivity index (χ3n) is 1.97. The van der Waals surface area contributed by atoms with E-state index in [2.05, 4.69) is 18.5 Å². The van der Waals surface area contributed by atoms with Gasteiger partial charge in [-0.05, 0) is 13.3 Å². The maximum Gasteiger partial charge on any atom is 0.211 e. The standard InChI is InChI=1S/C10H17NO/c1-4-5-6-9-7-12-10(11-9)8(2)3/h9H,2,4-7H2,1,3H3. The van der Waals surface area contributed by atoms with Gasteiger partial charge in [0.15, 0.2) is 0 Å². The minimum Gasteiger partial charge on any atom is -0.475 e. The summed E-state index contributed by atoms with van der Waals surface area (Å²) in [5.74, 6) is 0.760. The van der Waals surface area contributed by atoms with E-state index in [4.69, 9.17) is 4.74 Å². The summed E-state index contributed by atoms with van der Waals surface area (Å²) >= 11 is 0. The summed E-state index contributed by atoms with van der Waals surface area (Å²) in [5.41, 5.74) is 0.939. The first kappa shape index (κ1) is 9.30. The minimum absolute atomic E-state index is 0.386. The molecular formula is C10H17NO. The molecule has 1 aliphatic heterocycles. The van der Waals surface area contributed by atoms with Gasteiger partial charge in [-0.2, -0.15) is 0 Å². The normalized spacial score (nSPS) is 21.8. The summed E-state index contributed by atoms with van der Waals surface area (Å²) in [7, 11) is 0. The quantitative estimate of drug-likeness (QED) is 0.630. The summed E-state index contributed by atoms with van der Waals surface area (Å²) in [6, 6.07) is 0.386. The highest BCUT2D eigenvalue weighted by atomic mass is 16.5. The number of hydrogen-bond acceptors (Lipinski definition) is 2. The zero-order valence-corrected chi connectivity index (χ0v) is 7.97. The Kier molecular flexibility index (Phi) is 3.32. The molecular weight excluding hydrogens is 150 g/mol. The van der Waals surface area contributed by atoms with E-state index in [1.807, 2.05) is 6.92 Å². The molecule has 1 unspecified atom stereocenters. The monoisotopic (exact) mass is 167 g/mol. The van der Waals surface area contributed by atoms with Crippen molar-refractivity contribution in [1.29, 1.82) is 0 Å². The third-order valence-corrected chi connectivity index (χ3v) is 1.97. The molecule has 0 radical (unpaired) electrons. The van der Waals surface area contributed by atoms with Crippen LogP contribution in [0.3, 0.4) is 0 Å². The van der Waals surface area contributed by atoms with Gasteiger partial charge < -0.3 is 4.74 Å². The molecule has 2 nitrogen and oxygen atoms in total. The summed E-state index contributed by atoms with van der Waals surface area (Å²) in [6.45, 7) is 8.67. The van der Waals surface area contributed by atoms with Crippen molar-refractivity contribution in [2.45, 2.75) is 39.2 Å². The predicted molar refractivity (Wildman–Crippen MR) is 51.5 cm³/mol. The summed E-state index contributed by atoms with van der Waals surface area (Å²) in [4.78, 5) is 4.42. The Morgan fingerprint density at radius 1 is 1.75 bits per heavy atom. The van der Waals surface area contributed by atoms with Crippen molar-refractivity contribution in [3.8, 4) is 0 Å². The molecule has 0 N–H and O–H groups in total. The van der Waals surface area contributed by atoms with Crippen molar-refractivity contribution >= 4 is 5.90 Å². The molecule has 68 valence electrons. The molecule has 1 rings (SSSR count). The van der Waals surface area contributed by atoms with Crippen LogP contribution in [0.1, 0.15) is 33.1 Å². The van der Waals surface area contributed by atoms with Crippen molar-refractivity contribution in [2.75, 3.05) is 6.61 Å². The Hall–Kier alpha value is -0.790. The van der Waals surface area contributed by atoms with Gasteiger partial charge in [0, 0.05) is 5.57 Å². The largest absolute Gasteiger partial charge is 0.475 e. The van der Waals surface area contributed by atoms with Crippen molar-refractivity contribution in [1.82, 2.24) is 0 Å². The lowest BCUT2D eigenvalue weighted by Gasteiger charge is -2.01. The number of unbranched alkanes of at least 4 members (excludes halogenated alkanes) is 1. The van der Waals surface area contributed by atoms with Crippen LogP contribution in [0.2, 0.25) is 0 Å². The van der Waals surface area contributed by atoms with E-state index in [1.165, 1.54) is 12.8 Å². The molecule has 0 aliphatic carbocycles. The van der Waals surface area contributed by atoms with Gasteiger partial charge in [0.05, 0.1) is 6.04 Å². The molecule has 1 heterocycles. The second kappa shape index (κ2) is 4.29. The number of hydrogen-bond donors (Lipinski definition) is 0. The Bertz CT molecular complexity index is 196. The van der Waals surface area contributed by atoms with Crippen LogP contribution in [0, 0.1) is 0 Å². The Balaban J connectivity index is 2.36. The van der Waals surface area contributed by atoms with Crippen molar-refractivity contribution in [3.63, 3.8) is 0 Å². The number of nitrogens with zero attached hydrogens (tertiary/aromatic N) is 1. The lowest BCUT2D eigenvalue weighted by molar-refractivity contribution is 0.309. The molecule has 0 amide bonds. The first-order chi connectivity index (χ1) is 5.74. The molecule has 0 aromatic carbocycles. The van der Waals surface area contributed by atoms with E-state index in [9.17, 15) is 0 Å². The average Bonchev–Trinajstić information content (AvgIpc) is 2.48. The molecule has 0 spiro atoms. The Labute approximate surface area is 74.3 Å². The number of aliphatic imine (C=N–C) groups is 1. The van der Waals surface area contributed by atoms with Crippen molar-refractivity contribution < 1.29 is 4.74 Å². The van der Waals surface area contributed by atoms with Crippen LogP contribution in [-0.2, 0) is 4.74 Å². The minimum atomic E-state index is 0.386. The third kappa shape index (κ3) is 2.36. The molecule has 0 saturated carbocycles. The Morgan fingerprint density at radius 3 is 3.00 bits per heavy atom. The second-order valence-electron chi connectivity index (χ2n) is 3.32. The fraction of sp³-hybridized carbons (Fsp3) is 0.700. The second-order valence-corrected chi connectivity index (χ2v) is 3.32. The van der Waals surface area contributed by atoms with Crippen LogP contribution in [0.4, 0.5) is 0 Å². The van der Waals surface area contributed by atoms with Crippen molar-refractivity contribution in [3.05, 3.63) is 12.2 Å². The molecule has 2 heteroatoms. The summed E-state index contributed by atoms with van der Waals surface area (Å²) in [5, 5.41) is 0. The first-order valence-electron chi connectivity index (χ1n) is 4.60. The lowest BCUT2D eigenvalue weighted by Crippen LogP contribution is -2.05. The highest BCUT2D eigenvalue weighted by Gasteiger charge is 2.17. The smallest absolute Gasteiger partial charge is 0.211 e. The average molecular weight is 167 g/mol. The maximum atomic E-state index is 5.37. The van der Waals surface area contributed by atoms with E-state index >= 15 is 0 Å². The van der Waals surface area contributed by atoms with Gasteiger partial charge in [-0.1, -0.05) is 26.3 Å². The van der Waals surface area contributed by atoms with Crippen LogP contribution in [0.25, 0.3) is 0 Å². The van der Waals surface area contributed by atoms with Crippen LogP contribution in [0.5, 0.6) is 0 Å². The zero-order valence-electron chi connectivity index (χ0n) is 7.97. The van der Waals surface area contributed by atoms with Crippen LogP contribution in [-0.4, -0.2) is 18.5 Å². The van der Waals surface area contributed by atoms with E-state index in [-0.39, 0.29) is 0 Å². The van der Waals surface area contributed by atoms with Gasteiger partial charge in [0.25, 0.3) is 0 Å². The van der Waals surface area contributed by atoms with Crippen LogP contribution < -0.4 is 0 Å². The Morgan fingerprint density at radius 2 is 2.50 bits per heavy atom. The van der Waals surface area contributed by atoms with E-state index in [0.717, 1.165) is 24.5 Å². The van der Waals surface area contributed by atoms with Crippen LogP contribution >= 0.6 is 0 Å². The zero-order chi connectivity index (χ0) is 8.97. The highest BCUT2D eigenvalue weighted by Crippen LogP contribution is 2.14. The highest BCUT2D eigenvalue weighted by molar-refractivity contribution is 5.93. The van der Waals surface area contributed by atoms with Gasteiger partial charge >= 0.3 is 0 Å². The van der Waals surface area contributed by atoms with E-state index in [0.29, 0.717) is 6.04 Å². The fourth-order valence-electron chi connectivity index (χ4n) is 1.24. The molecule has 0 bridgehead atoms.